The first-order chi connectivity index (χ1) is 5.59. The Bertz CT molecular complexity index is 168. The van der Waals surface area contributed by atoms with E-state index in [1.54, 1.807) is 0 Å². The standard InChI is InChI=1S/C7H12O.CH3NO2/c1-5-2-3-6-7(4-5)8-6;2-1(3)4/h5-7H,2-4H2,1H3;2H2,(H,3,4). The van der Waals surface area contributed by atoms with E-state index in [2.05, 4.69) is 12.7 Å². The zero-order chi connectivity index (χ0) is 9.14. The molecule has 4 nitrogen and oxygen atoms in total. The Morgan fingerprint density at radius 2 is 2.08 bits per heavy atom. The van der Waals surface area contributed by atoms with Gasteiger partial charge in [0.15, 0.2) is 0 Å². The smallest absolute Gasteiger partial charge is 0.402 e. The number of rotatable bonds is 0. The van der Waals surface area contributed by atoms with Crippen LogP contribution in [0, 0.1) is 5.92 Å². The van der Waals surface area contributed by atoms with Crippen molar-refractivity contribution in [2.24, 2.45) is 11.7 Å². The summed E-state index contributed by atoms with van der Waals surface area (Å²) in [5, 5.41) is 7.19. The lowest BCUT2D eigenvalue weighted by atomic mass is 9.91. The van der Waals surface area contributed by atoms with E-state index in [9.17, 15) is 0 Å². The molecule has 1 aliphatic carbocycles. The highest BCUT2D eigenvalue weighted by Gasteiger charge is 2.42. The van der Waals surface area contributed by atoms with Crippen molar-refractivity contribution in [1.82, 2.24) is 0 Å². The van der Waals surface area contributed by atoms with Crippen LogP contribution in [0.3, 0.4) is 0 Å². The predicted octanol–water partition coefficient (Wildman–Crippen LogP) is 1.20. The highest BCUT2D eigenvalue weighted by Crippen LogP contribution is 2.38. The monoisotopic (exact) mass is 173 g/mol. The van der Waals surface area contributed by atoms with Crippen molar-refractivity contribution in [2.45, 2.75) is 38.4 Å². The zero-order valence-corrected chi connectivity index (χ0v) is 7.19. The molecule has 0 spiro atoms. The quantitative estimate of drug-likeness (QED) is 0.540. The molecule has 3 N–H and O–H groups in total. The Balaban J connectivity index is 0.000000157. The van der Waals surface area contributed by atoms with Gasteiger partial charge in [-0.2, -0.15) is 0 Å². The summed E-state index contributed by atoms with van der Waals surface area (Å²) in [6.45, 7) is 2.32. The average Bonchev–Trinajstić information content (AvgIpc) is 2.63. The van der Waals surface area contributed by atoms with Crippen LogP contribution in [0.2, 0.25) is 0 Å². The number of amides is 1. The minimum absolute atomic E-state index is 0.679. The lowest BCUT2D eigenvalue weighted by Crippen LogP contribution is -2.09. The van der Waals surface area contributed by atoms with Gasteiger partial charge in [-0.05, 0) is 25.2 Å². The number of fused-ring (bicyclic) bond motifs is 1. The number of hydrogen-bond donors (Lipinski definition) is 2. The maximum absolute atomic E-state index is 8.78. The van der Waals surface area contributed by atoms with Crippen molar-refractivity contribution in [3.05, 3.63) is 0 Å². The average molecular weight is 173 g/mol. The van der Waals surface area contributed by atoms with E-state index >= 15 is 0 Å². The summed E-state index contributed by atoms with van der Waals surface area (Å²) in [6.07, 6.45) is 4.07. The van der Waals surface area contributed by atoms with Crippen LogP contribution in [-0.2, 0) is 4.74 Å². The summed E-state index contributed by atoms with van der Waals surface area (Å²) in [5.74, 6) is 0.929. The molecule has 1 heterocycles. The van der Waals surface area contributed by atoms with Gasteiger partial charge in [-0.25, -0.2) is 4.79 Å². The summed E-state index contributed by atoms with van der Waals surface area (Å²) in [7, 11) is 0. The highest BCUT2D eigenvalue weighted by molar-refractivity contribution is 5.61. The van der Waals surface area contributed by atoms with Gasteiger partial charge in [0, 0.05) is 0 Å². The minimum Gasteiger partial charge on any atom is -0.465 e. The van der Waals surface area contributed by atoms with Gasteiger partial charge in [-0.1, -0.05) is 6.92 Å². The first-order valence-corrected chi connectivity index (χ1v) is 4.23. The maximum atomic E-state index is 8.78. The normalized spacial score (nSPS) is 37.2. The molecule has 2 rings (SSSR count). The Hall–Kier alpha value is -0.770. The number of nitrogens with two attached hydrogens (primary N) is 1. The molecule has 2 aliphatic rings. The van der Waals surface area contributed by atoms with E-state index in [0.717, 1.165) is 5.92 Å². The SMILES string of the molecule is CC1CCC2OC2C1.NC(=O)O. The van der Waals surface area contributed by atoms with Crippen molar-refractivity contribution in [3.63, 3.8) is 0 Å². The van der Waals surface area contributed by atoms with E-state index in [-0.39, 0.29) is 0 Å². The lowest BCUT2D eigenvalue weighted by molar-refractivity contribution is 0.205. The molecule has 0 bridgehead atoms. The molecule has 1 saturated heterocycles. The van der Waals surface area contributed by atoms with E-state index in [4.69, 9.17) is 14.6 Å². The van der Waals surface area contributed by atoms with Crippen molar-refractivity contribution in [1.29, 1.82) is 0 Å². The molecular formula is C8H15NO3. The molecule has 3 unspecified atom stereocenters. The fraction of sp³-hybridized carbons (Fsp3) is 0.875. The molecule has 0 aromatic heterocycles. The van der Waals surface area contributed by atoms with Crippen LogP contribution in [0.1, 0.15) is 26.2 Å². The van der Waals surface area contributed by atoms with E-state index < -0.39 is 6.09 Å². The Morgan fingerprint density at radius 1 is 1.50 bits per heavy atom. The van der Waals surface area contributed by atoms with Gasteiger partial charge in [0.25, 0.3) is 0 Å². The third-order valence-electron chi connectivity index (χ3n) is 2.27. The second kappa shape index (κ2) is 3.76. The number of primary amides is 1. The van der Waals surface area contributed by atoms with Crippen LogP contribution in [-0.4, -0.2) is 23.4 Å². The molecule has 0 aromatic rings. The van der Waals surface area contributed by atoms with Gasteiger partial charge < -0.3 is 15.6 Å². The van der Waals surface area contributed by atoms with Crippen LogP contribution in [0.4, 0.5) is 4.79 Å². The zero-order valence-electron chi connectivity index (χ0n) is 7.19. The molecule has 4 heteroatoms. The number of carbonyl (C=O) groups is 1. The van der Waals surface area contributed by atoms with E-state index in [1.165, 1.54) is 19.3 Å². The van der Waals surface area contributed by atoms with Gasteiger partial charge in [-0.15, -0.1) is 0 Å². The number of hydrogen-bond acceptors (Lipinski definition) is 2. The first kappa shape index (κ1) is 9.32. The number of carboxylic acid groups (broad SMARTS) is 1. The predicted molar refractivity (Wildman–Crippen MR) is 43.9 cm³/mol. The topological polar surface area (TPSA) is 75.8 Å². The molecule has 1 saturated carbocycles. The summed E-state index contributed by atoms with van der Waals surface area (Å²) in [5.41, 5.74) is 4.03. The second-order valence-corrected chi connectivity index (χ2v) is 3.47. The third-order valence-corrected chi connectivity index (χ3v) is 2.27. The Morgan fingerprint density at radius 3 is 2.50 bits per heavy atom. The largest absolute Gasteiger partial charge is 0.465 e. The van der Waals surface area contributed by atoms with Crippen LogP contribution < -0.4 is 5.73 Å². The fourth-order valence-electron chi connectivity index (χ4n) is 1.60. The van der Waals surface area contributed by atoms with E-state index in [0.29, 0.717) is 12.2 Å². The molecule has 0 radical (unpaired) electrons. The molecule has 70 valence electrons. The first-order valence-electron chi connectivity index (χ1n) is 4.23. The van der Waals surface area contributed by atoms with Gasteiger partial charge in [0.1, 0.15) is 0 Å². The van der Waals surface area contributed by atoms with Crippen molar-refractivity contribution in [2.75, 3.05) is 0 Å². The molecule has 1 amide bonds. The minimum atomic E-state index is -1.33. The van der Waals surface area contributed by atoms with Crippen LogP contribution in [0.5, 0.6) is 0 Å². The summed E-state index contributed by atoms with van der Waals surface area (Å²) < 4.78 is 5.35. The van der Waals surface area contributed by atoms with Gasteiger partial charge in [0.2, 0.25) is 0 Å². The molecule has 0 aromatic carbocycles. The van der Waals surface area contributed by atoms with E-state index in [1.807, 2.05) is 0 Å². The van der Waals surface area contributed by atoms with Crippen molar-refractivity contribution in [3.8, 4) is 0 Å². The van der Waals surface area contributed by atoms with Crippen LogP contribution in [0.15, 0.2) is 0 Å². The molecule has 3 atom stereocenters. The second-order valence-electron chi connectivity index (χ2n) is 3.47. The number of epoxide rings is 1. The Kier molecular flexibility index (Phi) is 2.92. The van der Waals surface area contributed by atoms with Crippen molar-refractivity contribution < 1.29 is 14.6 Å². The maximum Gasteiger partial charge on any atom is 0.402 e. The third kappa shape index (κ3) is 3.09. The van der Waals surface area contributed by atoms with Gasteiger partial charge in [-0.3, -0.25) is 0 Å². The fourth-order valence-corrected chi connectivity index (χ4v) is 1.60. The lowest BCUT2D eigenvalue weighted by Gasteiger charge is -2.11. The molecule has 12 heavy (non-hydrogen) atoms. The van der Waals surface area contributed by atoms with Gasteiger partial charge >= 0.3 is 6.09 Å². The van der Waals surface area contributed by atoms with Crippen molar-refractivity contribution >= 4 is 6.09 Å². The molecule has 2 fully saturated rings. The summed E-state index contributed by atoms with van der Waals surface area (Å²) >= 11 is 0. The highest BCUT2D eigenvalue weighted by atomic mass is 16.6. The van der Waals surface area contributed by atoms with Crippen LogP contribution >= 0.6 is 0 Å². The van der Waals surface area contributed by atoms with Crippen LogP contribution in [0.25, 0.3) is 0 Å². The number of ether oxygens (including phenoxy) is 1. The van der Waals surface area contributed by atoms with Gasteiger partial charge in [0.05, 0.1) is 12.2 Å². The Labute approximate surface area is 71.7 Å². The summed E-state index contributed by atoms with van der Waals surface area (Å²) in [4.78, 5) is 8.78. The molecule has 1 aliphatic heterocycles. The summed E-state index contributed by atoms with van der Waals surface area (Å²) in [6, 6.07) is 0. The molecular weight excluding hydrogens is 158 g/mol.